The summed E-state index contributed by atoms with van der Waals surface area (Å²) in [5.41, 5.74) is 2.13. The van der Waals surface area contributed by atoms with Crippen molar-refractivity contribution in [1.29, 1.82) is 0 Å². The Hall–Kier alpha value is -3.27. The van der Waals surface area contributed by atoms with Crippen LogP contribution in [0.4, 0.5) is 11.4 Å². The number of likely N-dealkylation sites (tertiary alicyclic amines) is 1. The second-order valence-electron chi connectivity index (χ2n) is 12.4. The number of hydrogen-bond donors (Lipinski definition) is 4. The van der Waals surface area contributed by atoms with Gasteiger partial charge in [-0.05, 0) is 84.0 Å². The van der Waals surface area contributed by atoms with Crippen LogP contribution in [-0.4, -0.2) is 71.2 Å². The van der Waals surface area contributed by atoms with Gasteiger partial charge in [-0.15, -0.1) is 0 Å². The topological polar surface area (TPSA) is 122 Å². The Labute approximate surface area is 255 Å². The van der Waals surface area contributed by atoms with Gasteiger partial charge in [0, 0.05) is 36.7 Å². The first-order chi connectivity index (χ1) is 20.6. The van der Waals surface area contributed by atoms with Crippen LogP contribution in [0.1, 0.15) is 78.2 Å². The zero-order valence-corrected chi connectivity index (χ0v) is 26.1. The van der Waals surface area contributed by atoms with Crippen LogP contribution >= 0.6 is 0 Å². The minimum absolute atomic E-state index is 0.0503. The highest BCUT2D eigenvalue weighted by molar-refractivity contribution is 6.08. The summed E-state index contributed by atoms with van der Waals surface area (Å²) >= 11 is 0. The van der Waals surface area contributed by atoms with Gasteiger partial charge >= 0.3 is 0 Å². The molecule has 3 amide bonds. The average molecular weight is 593 g/mol. The van der Waals surface area contributed by atoms with Crippen LogP contribution in [0.15, 0.2) is 53.6 Å². The lowest BCUT2D eigenvalue weighted by Crippen LogP contribution is -2.44. The highest BCUT2D eigenvalue weighted by Gasteiger charge is 2.52. The van der Waals surface area contributed by atoms with Crippen LogP contribution < -0.4 is 15.5 Å². The van der Waals surface area contributed by atoms with E-state index in [0.29, 0.717) is 30.0 Å². The number of carbonyl (C=O) groups is 3. The third-order valence-electron chi connectivity index (χ3n) is 8.91. The molecule has 9 heteroatoms. The first kappa shape index (κ1) is 32.6. The van der Waals surface area contributed by atoms with E-state index < -0.39 is 17.4 Å². The third kappa shape index (κ3) is 7.45. The molecule has 3 heterocycles. The number of benzene rings is 1. The first-order valence-corrected chi connectivity index (χ1v) is 15.6. The second-order valence-corrected chi connectivity index (χ2v) is 12.4. The number of fused-ring (bicyclic) bond motifs is 1. The number of aliphatic hydroxyl groups is 2. The number of rotatable bonds is 12. The monoisotopic (exact) mass is 592 g/mol. The molecule has 4 atom stereocenters. The molecule has 2 fully saturated rings. The molecular formula is C34H48N4O5. The van der Waals surface area contributed by atoms with Gasteiger partial charge in [-0.1, -0.05) is 42.4 Å². The molecule has 4 N–H and O–H groups in total. The van der Waals surface area contributed by atoms with Crippen molar-refractivity contribution in [3.05, 3.63) is 59.2 Å². The van der Waals surface area contributed by atoms with E-state index in [2.05, 4.69) is 30.6 Å². The fourth-order valence-corrected chi connectivity index (χ4v) is 6.26. The maximum absolute atomic E-state index is 14.0. The average Bonchev–Trinajstić information content (AvgIpc) is 3.73. The molecule has 0 saturated carbocycles. The van der Waals surface area contributed by atoms with Gasteiger partial charge in [-0.25, -0.2) is 0 Å². The first-order valence-electron chi connectivity index (χ1n) is 15.6. The van der Waals surface area contributed by atoms with Gasteiger partial charge in [0.25, 0.3) is 5.91 Å². The van der Waals surface area contributed by atoms with Crippen molar-refractivity contribution in [3.8, 4) is 0 Å². The fraction of sp³-hybridized carbons (Fsp3) is 0.559. The standard InChI is InChI=1S/C34H48N4O5/c1-23(2)9-5-10-24(3)17-20-38-30-16-15-26(36-32(41)29-13-7-18-35-29)21-28(30)34(43,33(38)42)25(4)11-6-14-31(40)37-19-8-12-27(37)22-39/h6,9,11,15-17,21,25,27,29,35,39,43H,5,7-8,10,12-14,18-20,22H2,1-4H3,(H,36,41)/b11-6+,24-17+/t25-,27+,29-,34+/m1/s1. The van der Waals surface area contributed by atoms with E-state index in [1.54, 1.807) is 47.1 Å². The van der Waals surface area contributed by atoms with Crippen molar-refractivity contribution < 1.29 is 24.6 Å². The molecule has 0 unspecified atom stereocenters. The van der Waals surface area contributed by atoms with Gasteiger partial charge in [0.05, 0.1) is 24.4 Å². The van der Waals surface area contributed by atoms with Crippen molar-refractivity contribution in [1.82, 2.24) is 10.2 Å². The van der Waals surface area contributed by atoms with Gasteiger partial charge in [0.15, 0.2) is 5.60 Å². The van der Waals surface area contributed by atoms with Crippen LogP contribution in [0.5, 0.6) is 0 Å². The van der Waals surface area contributed by atoms with Crippen LogP contribution in [0.25, 0.3) is 0 Å². The summed E-state index contributed by atoms with van der Waals surface area (Å²) in [4.78, 5) is 42.9. The molecule has 234 valence electrons. The Morgan fingerprint density at radius 3 is 2.67 bits per heavy atom. The summed E-state index contributed by atoms with van der Waals surface area (Å²) in [6.07, 6.45) is 13.0. The number of amides is 3. The number of nitrogens with one attached hydrogen (secondary N) is 2. The Kier molecular flexibility index (Phi) is 11.0. The van der Waals surface area contributed by atoms with Crippen LogP contribution in [0.2, 0.25) is 0 Å². The maximum Gasteiger partial charge on any atom is 0.264 e. The highest BCUT2D eigenvalue weighted by Crippen LogP contribution is 2.46. The number of aliphatic hydroxyl groups excluding tert-OH is 1. The second kappa shape index (κ2) is 14.5. The zero-order valence-electron chi connectivity index (χ0n) is 26.1. The molecular weight excluding hydrogens is 544 g/mol. The number of anilines is 2. The third-order valence-corrected chi connectivity index (χ3v) is 8.91. The summed E-state index contributed by atoms with van der Waals surface area (Å²) < 4.78 is 0. The molecule has 1 aromatic rings. The Bertz CT molecular complexity index is 1280. The quantitative estimate of drug-likeness (QED) is 0.270. The molecule has 43 heavy (non-hydrogen) atoms. The fourth-order valence-electron chi connectivity index (χ4n) is 6.26. The molecule has 9 nitrogen and oxygen atoms in total. The van der Waals surface area contributed by atoms with Crippen molar-refractivity contribution >= 4 is 29.1 Å². The van der Waals surface area contributed by atoms with E-state index in [0.717, 1.165) is 50.6 Å². The number of hydrogen-bond acceptors (Lipinski definition) is 6. The molecule has 3 aliphatic heterocycles. The van der Waals surface area contributed by atoms with Gasteiger partial charge in [0.1, 0.15) is 0 Å². The number of nitrogens with zero attached hydrogens (tertiary/aromatic N) is 2. The maximum atomic E-state index is 14.0. The molecule has 0 bridgehead atoms. The van der Waals surface area contributed by atoms with E-state index >= 15 is 0 Å². The normalized spacial score (nSPS) is 24.5. The summed E-state index contributed by atoms with van der Waals surface area (Å²) in [5, 5.41) is 27.9. The SMILES string of the molecule is CC(C)=CCC/C(C)=C/CN1C(=O)[C@](O)([C@H](C)/C=C/CC(=O)N2CCC[C@H]2CO)c2cc(NC(=O)[C@H]3CCCN3)ccc21. The Morgan fingerprint density at radius 2 is 1.98 bits per heavy atom. The molecule has 0 spiro atoms. The minimum Gasteiger partial charge on any atom is -0.394 e. The van der Waals surface area contributed by atoms with Crippen LogP contribution in [0.3, 0.4) is 0 Å². The predicted octanol–water partition coefficient (Wildman–Crippen LogP) is 4.17. The van der Waals surface area contributed by atoms with E-state index in [1.165, 1.54) is 5.57 Å². The number of allylic oxidation sites excluding steroid dienone is 3. The van der Waals surface area contributed by atoms with Crippen molar-refractivity contribution in [2.75, 3.05) is 36.5 Å². The lowest BCUT2D eigenvalue weighted by Gasteiger charge is -2.28. The highest BCUT2D eigenvalue weighted by atomic mass is 16.3. The lowest BCUT2D eigenvalue weighted by molar-refractivity contribution is -0.139. The smallest absolute Gasteiger partial charge is 0.264 e. The van der Waals surface area contributed by atoms with Crippen molar-refractivity contribution in [2.45, 2.75) is 90.3 Å². The van der Waals surface area contributed by atoms with Crippen LogP contribution in [0, 0.1) is 5.92 Å². The summed E-state index contributed by atoms with van der Waals surface area (Å²) in [6, 6.07) is 4.86. The lowest BCUT2D eigenvalue weighted by atomic mass is 9.82. The van der Waals surface area contributed by atoms with Gasteiger partial charge in [0.2, 0.25) is 11.8 Å². The zero-order chi connectivity index (χ0) is 31.1. The van der Waals surface area contributed by atoms with E-state index in [1.807, 2.05) is 13.0 Å². The minimum atomic E-state index is -1.87. The van der Waals surface area contributed by atoms with Crippen molar-refractivity contribution in [3.63, 3.8) is 0 Å². The molecule has 0 aromatic heterocycles. The molecule has 0 aliphatic carbocycles. The molecule has 2 saturated heterocycles. The number of carbonyl (C=O) groups excluding carboxylic acids is 3. The largest absolute Gasteiger partial charge is 0.394 e. The molecule has 0 radical (unpaired) electrons. The summed E-state index contributed by atoms with van der Waals surface area (Å²) in [5.74, 6) is -1.29. The van der Waals surface area contributed by atoms with Gasteiger partial charge in [-0.3, -0.25) is 14.4 Å². The molecule has 3 aliphatic rings. The predicted molar refractivity (Wildman–Crippen MR) is 170 cm³/mol. The molecule has 1 aromatic carbocycles. The van der Waals surface area contributed by atoms with E-state index in [4.69, 9.17) is 0 Å². The Balaban J connectivity index is 1.56. The van der Waals surface area contributed by atoms with Crippen molar-refractivity contribution in [2.24, 2.45) is 5.92 Å². The Morgan fingerprint density at radius 1 is 1.19 bits per heavy atom. The van der Waals surface area contributed by atoms with E-state index in [-0.39, 0.29) is 36.9 Å². The van der Waals surface area contributed by atoms with Crippen LogP contribution in [-0.2, 0) is 20.0 Å². The van der Waals surface area contributed by atoms with E-state index in [9.17, 15) is 24.6 Å². The van der Waals surface area contributed by atoms with Gasteiger partial charge < -0.3 is 30.6 Å². The molecule has 4 rings (SSSR count). The summed E-state index contributed by atoms with van der Waals surface area (Å²) in [6.45, 7) is 9.67. The summed E-state index contributed by atoms with van der Waals surface area (Å²) in [7, 11) is 0. The van der Waals surface area contributed by atoms with Gasteiger partial charge in [-0.2, -0.15) is 0 Å².